The van der Waals surface area contributed by atoms with Gasteiger partial charge in [0.25, 0.3) is 23.4 Å². The Kier molecular flexibility index (Phi) is 5.33. The number of hydrogen-bond donors (Lipinski definition) is 1. The van der Waals surface area contributed by atoms with Gasteiger partial charge in [-0.05, 0) is 23.6 Å². The summed E-state index contributed by atoms with van der Waals surface area (Å²) in [6, 6.07) is 13.3. The second kappa shape index (κ2) is 7.90. The average Bonchev–Trinajstić information content (AvgIpc) is 3.02. The molecule has 158 valence electrons. The van der Waals surface area contributed by atoms with Gasteiger partial charge in [0.05, 0.1) is 39.7 Å². The lowest BCUT2D eigenvalue weighted by Crippen LogP contribution is -2.26. The van der Waals surface area contributed by atoms with E-state index in [0.717, 1.165) is 11.0 Å². The number of hydrogen-bond acceptors (Lipinski definition) is 8. The molecule has 0 saturated heterocycles. The SMILES string of the molecule is C[n+]1cn(N)c2c3ccccc3ccc21.O=[N+]([O-])c1cc([N+](=O)[O-])c([O-])c([N+](=O)[O-])c1. The molecule has 13 nitrogen and oxygen atoms in total. The first-order chi connectivity index (χ1) is 14.6. The van der Waals surface area contributed by atoms with Gasteiger partial charge in [0.2, 0.25) is 5.52 Å². The van der Waals surface area contributed by atoms with E-state index in [1.54, 1.807) is 4.68 Å². The number of aromatic nitrogens is 2. The fourth-order valence-corrected chi connectivity index (χ4v) is 3.07. The van der Waals surface area contributed by atoms with Crippen LogP contribution in [0.25, 0.3) is 21.8 Å². The number of rotatable bonds is 3. The van der Waals surface area contributed by atoms with E-state index >= 15 is 0 Å². The Bertz CT molecular complexity index is 1330. The van der Waals surface area contributed by atoms with Crippen LogP contribution in [0.15, 0.2) is 54.9 Å². The zero-order valence-corrected chi connectivity index (χ0v) is 15.9. The maximum atomic E-state index is 11.1. The Balaban J connectivity index is 0.000000176. The molecule has 1 aromatic heterocycles. The molecule has 1 heterocycles. The molecule has 4 aromatic rings. The third-order valence-corrected chi connectivity index (χ3v) is 4.45. The van der Waals surface area contributed by atoms with E-state index in [2.05, 4.69) is 24.3 Å². The first-order valence-electron chi connectivity index (χ1n) is 8.53. The Labute approximate surface area is 172 Å². The van der Waals surface area contributed by atoms with E-state index < -0.39 is 37.6 Å². The fraction of sp³-hybridized carbons (Fsp3) is 0.0556. The van der Waals surface area contributed by atoms with Crippen molar-refractivity contribution in [3.8, 4) is 5.75 Å². The van der Waals surface area contributed by atoms with Crippen LogP contribution in [-0.2, 0) is 7.05 Å². The number of aryl methyl sites for hydroxylation is 1. The van der Waals surface area contributed by atoms with E-state index in [1.165, 1.54) is 10.8 Å². The number of imidazole rings is 1. The van der Waals surface area contributed by atoms with Gasteiger partial charge in [-0.25, -0.2) is 4.57 Å². The first kappa shape index (κ1) is 20.9. The second-order valence-corrected chi connectivity index (χ2v) is 6.37. The van der Waals surface area contributed by atoms with Crippen molar-refractivity contribution in [2.24, 2.45) is 7.05 Å². The number of nitrogens with zero attached hydrogens (tertiary/aromatic N) is 5. The van der Waals surface area contributed by atoms with Crippen molar-refractivity contribution in [3.05, 3.63) is 85.2 Å². The second-order valence-electron chi connectivity index (χ2n) is 6.37. The molecular weight excluding hydrogens is 412 g/mol. The third-order valence-electron chi connectivity index (χ3n) is 4.45. The van der Waals surface area contributed by atoms with E-state index in [4.69, 9.17) is 5.84 Å². The van der Waals surface area contributed by atoms with Crippen molar-refractivity contribution in [2.45, 2.75) is 0 Å². The summed E-state index contributed by atoms with van der Waals surface area (Å²) >= 11 is 0. The largest absolute Gasteiger partial charge is 0.863 e. The maximum Gasteiger partial charge on any atom is 0.283 e. The molecule has 0 unspecified atom stereocenters. The zero-order valence-electron chi connectivity index (χ0n) is 15.9. The summed E-state index contributed by atoms with van der Waals surface area (Å²) in [4.78, 5) is 27.5. The van der Waals surface area contributed by atoms with Crippen LogP contribution in [0.3, 0.4) is 0 Å². The molecule has 0 aliphatic carbocycles. The van der Waals surface area contributed by atoms with Crippen LogP contribution in [0, 0.1) is 30.3 Å². The van der Waals surface area contributed by atoms with Gasteiger partial charge in [-0.1, -0.05) is 18.2 Å². The van der Waals surface area contributed by atoms with Crippen LogP contribution >= 0.6 is 0 Å². The minimum absolute atomic E-state index is 0.384. The summed E-state index contributed by atoms with van der Waals surface area (Å²) < 4.78 is 3.71. The summed E-state index contributed by atoms with van der Waals surface area (Å²) in [6.45, 7) is 0. The number of nitro benzene ring substituents is 3. The van der Waals surface area contributed by atoms with Crippen molar-refractivity contribution in [1.82, 2.24) is 4.68 Å². The number of nitrogens with two attached hydrogens (primary N) is 1. The molecule has 0 saturated carbocycles. The highest BCUT2D eigenvalue weighted by Gasteiger charge is 2.24. The summed E-state index contributed by atoms with van der Waals surface area (Å²) in [5, 5.41) is 44.5. The van der Waals surface area contributed by atoms with E-state index in [9.17, 15) is 35.4 Å². The van der Waals surface area contributed by atoms with Crippen LogP contribution in [0.1, 0.15) is 0 Å². The molecule has 0 atom stereocenters. The highest BCUT2D eigenvalue weighted by molar-refractivity contribution is 6.03. The van der Waals surface area contributed by atoms with E-state index in [0.29, 0.717) is 12.1 Å². The molecule has 0 aliphatic rings. The third kappa shape index (κ3) is 3.87. The lowest BCUT2D eigenvalue weighted by atomic mass is 10.1. The van der Waals surface area contributed by atoms with Crippen molar-refractivity contribution in [3.63, 3.8) is 0 Å². The minimum atomic E-state index is -1.46. The highest BCUT2D eigenvalue weighted by Crippen LogP contribution is 2.36. The predicted molar refractivity (Wildman–Crippen MR) is 107 cm³/mol. The number of nitrogen functional groups attached to an aromatic ring is 1. The van der Waals surface area contributed by atoms with Gasteiger partial charge >= 0.3 is 0 Å². The van der Waals surface area contributed by atoms with Gasteiger partial charge in [-0.3, -0.25) is 36.2 Å². The van der Waals surface area contributed by atoms with Crippen molar-refractivity contribution in [1.29, 1.82) is 0 Å². The van der Waals surface area contributed by atoms with Gasteiger partial charge in [0.15, 0.2) is 5.52 Å². The van der Waals surface area contributed by atoms with Crippen LogP contribution in [0.2, 0.25) is 0 Å². The molecule has 2 N–H and O–H groups in total. The molecule has 4 rings (SSSR count). The quantitative estimate of drug-likeness (QED) is 0.222. The van der Waals surface area contributed by atoms with Gasteiger partial charge in [-0.15, -0.1) is 4.68 Å². The average molecular weight is 426 g/mol. The van der Waals surface area contributed by atoms with Crippen LogP contribution in [-0.4, -0.2) is 19.4 Å². The lowest BCUT2D eigenvalue weighted by Gasteiger charge is -2.06. The Morgan fingerprint density at radius 1 is 0.903 bits per heavy atom. The molecule has 0 bridgehead atoms. The molecule has 3 aromatic carbocycles. The van der Waals surface area contributed by atoms with Gasteiger partial charge < -0.3 is 5.11 Å². The molecule has 0 aliphatic heterocycles. The molecule has 13 heteroatoms. The predicted octanol–water partition coefficient (Wildman–Crippen LogP) is 1.82. The fourth-order valence-electron chi connectivity index (χ4n) is 3.07. The van der Waals surface area contributed by atoms with Gasteiger partial charge in [0.1, 0.15) is 0 Å². The summed E-state index contributed by atoms with van der Waals surface area (Å²) in [5.74, 6) is 4.48. The highest BCUT2D eigenvalue weighted by atomic mass is 16.6. The Morgan fingerprint density at radius 2 is 1.48 bits per heavy atom. The molecule has 31 heavy (non-hydrogen) atoms. The Morgan fingerprint density at radius 3 is 2.03 bits per heavy atom. The number of non-ortho nitro benzene ring substituents is 1. The van der Waals surface area contributed by atoms with Crippen LogP contribution in [0.5, 0.6) is 5.75 Å². The topological polar surface area (TPSA) is 187 Å². The molecule has 0 spiro atoms. The van der Waals surface area contributed by atoms with Gasteiger partial charge in [0, 0.05) is 5.39 Å². The van der Waals surface area contributed by atoms with Crippen LogP contribution in [0.4, 0.5) is 17.1 Å². The number of fused-ring (bicyclic) bond motifs is 3. The van der Waals surface area contributed by atoms with Crippen molar-refractivity contribution in [2.75, 3.05) is 5.84 Å². The van der Waals surface area contributed by atoms with E-state index in [1.807, 2.05) is 30.1 Å². The first-order valence-corrected chi connectivity index (χ1v) is 8.53. The number of benzene rings is 3. The van der Waals surface area contributed by atoms with Crippen molar-refractivity contribution < 1.29 is 24.4 Å². The monoisotopic (exact) mass is 426 g/mol. The summed E-state index contributed by atoms with van der Waals surface area (Å²) in [6.07, 6.45) is 1.89. The van der Waals surface area contributed by atoms with Crippen molar-refractivity contribution >= 4 is 38.9 Å². The molecule has 0 radical (unpaired) electrons. The lowest BCUT2D eigenvalue weighted by molar-refractivity contribution is -0.645. The summed E-state index contributed by atoms with van der Waals surface area (Å²) in [5.41, 5.74) is -1.04. The minimum Gasteiger partial charge on any atom is -0.863 e. The summed E-state index contributed by atoms with van der Waals surface area (Å²) in [7, 11) is 2.00. The smallest absolute Gasteiger partial charge is 0.283 e. The number of nitro groups is 3. The van der Waals surface area contributed by atoms with E-state index in [-0.39, 0.29) is 0 Å². The zero-order chi connectivity index (χ0) is 22.9. The normalized spacial score (nSPS) is 10.5. The molecule has 0 amide bonds. The van der Waals surface area contributed by atoms with Crippen LogP contribution < -0.4 is 15.5 Å². The Hall–Kier alpha value is -4.81. The van der Waals surface area contributed by atoms with Gasteiger partial charge in [-0.2, -0.15) is 0 Å². The molecular formula is C18H14N6O7. The maximum absolute atomic E-state index is 11.1. The standard InChI is InChI=1S/C12H12N3.C6H3N3O7/c1-14-8-15(13)12-10-5-3-2-4-9(10)6-7-11(12)14;10-6-4(8(13)14)1-3(7(11)12)2-5(6)9(15)16/h2-8H,13H2,1H3;1-2,10H/q+1;/p-1. The molecule has 0 fully saturated rings.